The molecule has 5 aromatic rings. The number of hydrogen-bond donors (Lipinski definition) is 1. The van der Waals surface area contributed by atoms with Gasteiger partial charge < -0.3 is 9.84 Å². The lowest BCUT2D eigenvalue weighted by molar-refractivity contribution is 0.406. The summed E-state index contributed by atoms with van der Waals surface area (Å²) in [4.78, 5) is 13.2. The zero-order valence-electron chi connectivity index (χ0n) is 16.2. The second-order valence-electron chi connectivity index (χ2n) is 6.81. The van der Waals surface area contributed by atoms with Gasteiger partial charge in [-0.25, -0.2) is 9.97 Å². The maximum atomic E-state index is 11.0. The summed E-state index contributed by atoms with van der Waals surface area (Å²) in [5.41, 5.74) is 4.00. The van der Waals surface area contributed by atoms with Crippen molar-refractivity contribution in [1.29, 1.82) is 0 Å². The van der Waals surface area contributed by atoms with Gasteiger partial charge >= 0.3 is 0 Å². The quantitative estimate of drug-likeness (QED) is 0.448. The van der Waals surface area contributed by atoms with E-state index in [0.717, 1.165) is 22.8 Å². The number of pyridine rings is 2. The molecular weight excluding hydrogens is 376 g/mol. The molecule has 5 rings (SSSR count). The van der Waals surface area contributed by atoms with Crippen LogP contribution in [0.2, 0.25) is 0 Å². The fraction of sp³-hybridized carbons (Fsp3) is 0.0417. The van der Waals surface area contributed by atoms with Crippen molar-refractivity contribution in [3.05, 3.63) is 91.0 Å². The van der Waals surface area contributed by atoms with E-state index in [-0.39, 0.29) is 5.75 Å². The summed E-state index contributed by atoms with van der Waals surface area (Å²) in [5, 5.41) is 11.0. The molecule has 0 amide bonds. The minimum atomic E-state index is 0.0157. The molecule has 1 N–H and O–H groups in total. The lowest BCUT2D eigenvalue weighted by atomic mass is 10.1. The molecule has 0 bridgehead atoms. The summed E-state index contributed by atoms with van der Waals surface area (Å²) in [5.74, 6) is 1.51. The highest BCUT2D eigenvalue weighted by atomic mass is 16.5. The van der Waals surface area contributed by atoms with Gasteiger partial charge in [0.2, 0.25) is 5.88 Å². The van der Waals surface area contributed by atoms with E-state index in [1.807, 2.05) is 72.2 Å². The number of hydrogen-bond acceptors (Lipinski definition) is 5. The molecule has 0 radical (unpaired) electrons. The van der Waals surface area contributed by atoms with Crippen molar-refractivity contribution >= 4 is 11.0 Å². The first-order valence-electron chi connectivity index (χ1n) is 9.52. The lowest BCUT2D eigenvalue weighted by Crippen LogP contribution is -1.98. The largest absolute Gasteiger partial charge is 0.503 e. The number of rotatable bonds is 4. The van der Waals surface area contributed by atoms with Crippen molar-refractivity contribution in [3.63, 3.8) is 0 Å². The van der Waals surface area contributed by atoms with E-state index in [2.05, 4.69) is 15.0 Å². The molecule has 0 saturated carbocycles. The van der Waals surface area contributed by atoms with Crippen LogP contribution in [0, 0.1) is 6.92 Å². The molecule has 0 spiro atoms. The number of imidazole rings is 1. The van der Waals surface area contributed by atoms with Gasteiger partial charge in [-0.2, -0.15) is 0 Å². The molecule has 0 unspecified atom stereocenters. The molecule has 146 valence electrons. The Hall–Kier alpha value is -4.19. The molecule has 3 heterocycles. The summed E-state index contributed by atoms with van der Waals surface area (Å²) in [6.45, 7) is 1.91. The number of aryl methyl sites for hydroxylation is 1. The number of aromatic nitrogens is 4. The summed E-state index contributed by atoms with van der Waals surface area (Å²) in [7, 11) is 0. The van der Waals surface area contributed by atoms with E-state index in [0.29, 0.717) is 22.7 Å². The molecule has 0 atom stereocenters. The molecule has 30 heavy (non-hydrogen) atoms. The Morgan fingerprint density at radius 3 is 2.47 bits per heavy atom. The number of phenols is 1. The van der Waals surface area contributed by atoms with Crippen LogP contribution in [0.15, 0.2) is 85.2 Å². The van der Waals surface area contributed by atoms with Crippen LogP contribution in [-0.4, -0.2) is 24.6 Å². The number of phenolic OH excluding ortho intramolecular Hbond substituents is 1. The van der Waals surface area contributed by atoms with Crippen molar-refractivity contribution in [2.45, 2.75) is 6.92 Å². The third-order valence-electron chi connectivity index (χ3n) is 4.84. The fourth-order valence-electron chi connectivity index (χ4n) is 3.50. The van der Waals surface area contributed by atoms with Crippen molar-refractivity contribution in [3.8, 4) is 34.3 Å². The van der Waals surface area contributed by atoms with Gasteiger partial charge in [0.15, 0.2) is 11.5 Å². The van der Waals surface area contributed by atoms with E-state index in [1.165, 1.54) is 0 Å². The van der Waals surface area contributed by atoms with Crippen LogP contribution in [0.5, 0.6) is 17.4 Å². The number of ether oxygens (including phenoxy) is 1. The van der Waals surface area contributed by atoms with Gasteiger partial charge in [0, 0.05) is 29.7 Å². The predicted octanol–water partition coefficient (Wildman–Crippen LogP) is 5.29. The topological polar surface area (TPSA) is 73.1 Å². The van der Waals surface area contributed by atoms with Crippen LogP contribution in [0.1, 0.15) is 5.82 Å². The Labute approximate surface area is 173 Å². The Morgan fingerprint density at radius 2 is 1.70 bits per heavy atom. The molecule has 0 aliphatic rings. The first-order valence-corrected chi connectivity index (χ1v) is 9.52. The summed E-state index contributed by atoms with van der Waals surface area (Å²) >= 11 is 0. The van der Waals surface area contributed by atoms with Gasteiger partial charge in [0.25, 0.3) is 0 Å². The molecule has 0 aliphatic heterocycles. The number of benzene rings is 2. The highest BCUT2D eigenvalue weighted by Crippen LogP contribution is 2.38. The molecule has 6 nitrogen and oxygen atoms in total. The minimum Gasteiger partial charge on any atom is -0.503 e. The van der Waals surface area contributed by atoms with E-state index in [4.69, 9.17) is 4.74 Å². The number of aromatic hydroxyl groups is 1. The van der Waals surface area contributed by atoms with Gasteiger partial charge in [0.05, 0.1) is 11.2 Å². The molecule has 3 aromatic heterocycles. The maximum Gasteiger partial charge on any atom is 0.219 e. The standard InChI is InChI=1S/C24H18N4O2/c1-16-27-20-11-12-21(30-22-10-3-5-14-26-22)24(29)23(20)28(16)18-8-6-7-17(15-18)19-9-2-4-13-25-19/h2-15,29H,1H3. The number of fused-ring (bicyclic) bond motifs is 1. The van der Waals surface area contributed by atoms with E-state index >= 15 is 0 Å². The average Bonchev–Trinajstić information content (AvgIpc) is 3.14. The smallest absolute Gasteiger partial charge is 0.219 e. The third-order valence-corrected chi connectivity index (χ3v) is 4.84. The van der Waals surface area contributed by atoms with Crippen molar-refractivity contribution in [1.82, 2.24) is 19.5 Å². The Bertz CT molecular complexity index is 1330. The average molecular weight is 394 g/mol. The first-order chi connectivity index (χ1) is 14.7. The lowest BCUT2D eigenvalue weighted by Gasteiger charge is -2.12. The fourth-order valence-corrected chi connectivity index (χ4v) is 3.50. The highest BCUT2D eigenvalue weighted by molar-refractivity contribution is 5.87. The van der Waals surface area contributed by atoms with Gasteiger partial charge in [-0.15, -0.1) is 0 Å². The van der Waals surface area contributed by atoms with Crippen LogP contribution in [0.25, 0.3) is 28.0 Å². The molecule has 2 aromatic carbocycles. The van der Waals surface area contributed by atoms with Crippen LogP contribution in [0.3, 0.4) is 0 Å². The van der Waals surface area contributed by atoms with Gasteiger partial charge in [-0.1, -0.05) is 24.3 Å². The van der Waals surface area contributed by atoms with Crippen LogP contribution < -0.4 is 4.74 Å². The van der Waals surface area contributed by atoms with Gasteiger partial charge in [0.1, 0.15) is 11.3 Å². The van der Waals surface area contributed by atoms with Crippen LogP contribution in [0.4, 0.5) is 0 Å². The zero-order chi connectivity index (χ0) is 20.5. The van der Waals surface area contributed by atoms with E-state index in [9.17, 15) is 5.11 Å². The van der Waals surface area contributed by atoms with Crippen LogP contribution >= 0.6 is 0 Å². The number of nitrogens with zero attached hydrogens (tertiary/aromatic N) is 4. The highest BCUT2D eigenvalue weighted by Gasteiger charge is 2.18. The Balaban J connectivity index is 1.65. The second-order valence-corrected chi connectivity index (χ2v) is 6.81. The van der Waals surface area contributed by atoms with Crippen molar-refractivity contribution in [2.75, 3.05) is 0 Å². The molecule has 0 aliphatic carbocycles. The van der Waals surface area contributed by atoms with Crippen molar-refractivity contribution in [2.24, 2.45) is 0 Å². The third kappa shape index (κ3) is 3.14. The molecule has 6 heteroatoms. The van der Waals surface area contributed by atoms with Gasteiger partial charge in [-0.05, 0) is 49.4 Å². The van der Waals surface area contributed by atoms with Crippen molar-refractivity contribution < 1.29 is 9.84 Å². The molecule has 0 saturated heterocycles. The molecule has 0 fully saturated rings. The minimum absolute atomic E-state index is 0.0157. The normalized spacial score (nSPS) is 11.0. The summed E-state index contributed by atoms with van der Waals surface area (Å²) in [6, 6.07) is 22.7. The van der Waals surface area contributed by atoms with Crippen LogP contribution in [-0.2, 0) is 0 Å². The van der Waals surface area contributed by atoms with E-state index < -0.39 is 0 Å². The summed E-state index contributed by atoms with van der Waals surface area (Å²) in [6.07, 6.45) is 3.41. The SMILES string of the molecule is Cc1nc2ccc(Oc3ccccn3)c(O)c2n1-c1cccc(-c2ccccn2)c1. The second kappa shape index (κ2) is 7.33. The van der Waals surface area contributed by atoms with Gasteiger partial charge in [-0.3, -0.25) is 9.55 Å². The molecular formula is C24H18N4O2. The predicted molar refractivity (Wildman–Crippen MR) is 115 cm³/mol. The Kier molecular flexibility index (Phi) is 4.37. The maximum absolute atomic E-state index is 11.0. The first kappa shape index (κ1) is 17.9. The van der Waals surface area contributed by atoms with E-state index in [1.54, 1.807) is 24.5 Å². The Morgan fingerprint density at radius 1 is 0.867 bits per heavy atom. The zero-order valence-corrected chi connectivity index (χ0v) is 16.2. The monoisotopic (exact) mass is 394 g/mol. The summed E-state index contributed by atoms with van der Waals surface area (Å²) < 4.78 is 7.72.